The summed E-state index contributed by atoms with van der Waals surface area (Å²) in [7, 11) is -3.58. The predicted octanol–water partition coefficient (Wildman–Crippen LogP) is 3.33. The van der Waals surface area contributed by atoms with Crippen molar-refractivity contribution in [2.75, 3.05) is 26.2 Å². The van der Waals surface area contributed by atoms with Crippen LogP contribution in [0.25, 0.3) is 0 Å². The maximum Gasteiger partial charge on any atom is 0.276 e. The highest BCUT2D eigenvalue weighted by Crippen LogP contribution is 2.23. The molecule has 33 heavy (non-hydrogen) atoms. The molecule has 0 atom stereocenters. The SMILES string of the molecule is Cc1cc(C)cc(OCc2c(C(=O)N3CCN(S(=O)(=O)c4ccccc4)CC3)noc2C)c1. The zero-order valence-corrected chi connectivity index (χ0v) is 19.8. The lowest BCUT2D eigenvalue weighted by molar-refractivity contribution is 0.0685. The van der Waals surface area contributed by atoms with E-state index in [1.54, 1.807) is 42.2 Å². The van der Waals surface area contributed by atoms with E-state index in [1.807, 2.05) is 26.0 Å². The fourth-order valence-electron chi connectivity index (χ4n) is 3.92. The Balaban J connectivity index is 1.43. The van der Waals surface area contributed by atoms with E-state index < -0.39 is 10.0 Å². The van der Waals surface area contributed by atoms with Crippen LogP contribution in [0.4, 0.5) is 0 Å². The molecule has 1 saturated heterocycles. The number of amides is 1. The summed E-state index contributed by atoms with van der Waals surface area (Å²) in [4.78, 5) is 15.0. The summed E-state index contributed by atoms with van der Waals surface area (Å²) in [6.07, 6.45) is 0. The zero-order chi connectivity index (χ0) is 23.6. The van der Waals surface area contributed by atoms with Crippen LogP contribution in [-0.4, -0.2) is 54.9 Å². The highest BCUT2D eigenvalue weighted by molar-refractivity contribution is 7.89. The largest absolute Gasteiger partial charge is 0.489 e. The Morgan fingerprint density at radius 3 is 2.27 bits per heavy atom. The summed E-state index contributed by atoms with van der Waals surface area (Å²) in [5.41, 5.74) is 2.98. The van der Waals surface area contributed by atoms with E-state index >= 15 is 0 Å². The molecule has 1 aliphatic heterocycles. The highest BCUT2D eigenvalue weighted by Gasteiger charge is 2.32. The first-order valence-electron chi connectivity index (χ1n) is 10.8. The van der Waals surface area contributed by atoms with Crippen LogP contribution < -0.4 is 4.74 Å². The van der Waals surface area contributed by atoms with Gasteiger partial charge in [0.1, 0.15) is 18.1 Å². The third-order valence-corrected chi connectivity index (χ3v) is 7.59. The number of carbonyl (C=O) groups is 1. The molecule has 2 aromatic carbocycles. The van der Waals surface area contributed by atoms with Gasteiger partial charge in [-0.1, -0.05) is 29.4 Å². The molecular formula is C24H27N3O5S. The quantitative estimate of drug-likeness (QED) is 0.550. The van der Waals surface area contributed by atoms with Crippen LogP contribution in [0.3, 0.4) is 0 Å². The lowest BCUT2D eigenvalue weighted by Gasteiger charge is -2.33. The molecule has 1 fully saturated rings. The van der Waals surface area contributed by atoms with Crippen molar-refractivity contribution in [3.63, 3.8) is 0 Å². The minimum absolute atomic E-state index is 0.154. The average Bonchev–Trinajstić information content (AvgIpc) is 3.17. The molecule has 0 bridgehead atoms. The Labute approximate surface area is 193 Å². The van der Waals surface area contributed by atoms with Crippen LogP contribution in [0.5, 0.6) is 5.75 Å². The van der Waals surface area contributed by atoms with Gasteiger partial charge in [0, 0.05) is 26.2 Å². The van der Waals surface area contributed by atoms with Gasteiger partial charge in [0.15, 0.2) is 5.69 Å². The molecule has 174 valence electrons. The van der Waals surface area contributed by atoms with E-state index in [1.165, 1.54) is 4.31 Å². The Hall–Kier alpha value is -3.17. The van der Waals surface area contributed by atoms with Crippen molar-refractivity contribution in [3.05, 3.63) is 76.7 Å². The van der Waals surface area contributed by atoms with Crippen LogP contribution >= 0.6 is 0 Å². The predicted molar refractivity (Wildman–Crippen MR) is 123 cm³/mol. The monoisotopic (exact) mass is 469 g/mol. The fraction of sp³-hybridized carbons (Fsp3) is 0.333. The van der Waals surface area contributed by atoms with E-state index in [2.05, 4.69) is 11.2 Å². The van der Waals surface area contributed by atoms with Gasteiger partial charge in [-0.3, -0.25) is 4.79 Å². The summed E-state index contributed by atoms with van der Waals surface area (Å²) in [6.45, 7) is 6.87. The molecule has 0 radical (unpaired) electrons. The summed E-state index contributed by atoms with van der Waals surface area (Å²) < 4.78 is 38.3. The van der Waals surface area contributed by atoms with Crippen LogP contribution in [0, 0.1) is 20.8 Å². The van der Waals surface area contributed by atoms with E-state index in [9.17, 15) is 13.2 Å². The van der Waals surface area contributed by atoms with Gasteiger partial charge in [0.2, 0.25) is 10.0 Å². The van der Waals surface area contributed by atoms with Gasteiger partial charge in [-0.15, -0.1) is 0 Å². The fourth-order valence-corrected chi connectivity index (χ4v) is 5.37. The molecule has 9 heteroatoms. The molecule has 0 spiro atoms. The third kappa shape index (κ3) is 4.94. The molecule has 0 aliphatic carbocycles. The Morgan fingerprint density at radius 1 is 1.00 bits per heavy atom. The highest BCUT2D eigenvalue weighted by atomic mass is 32.2. The van der Waals surface area contributed by atoms with Gasteiger partial charge >= 0.3 is 0 Å². The van der Waals surface area contributed by atoms with Crippen molar-refractivity contribution in [1.82, 2.24) is 14.4 Å². The third-order valence-electron chi connectivity index (χ3n) is 5.67. The molecule has 4 rings (SSSR count). The number of aromatic nitrogens is 1. The Bertz CT molecular complexity index is 1230. The number of piperazine rings is 1. The second-order valence-electron chi connectivity index (χ2n) is 8.19. The van der Waals surface area contributed by atoms with Crippen molar-refractivity contribution in [1.29, 1.82) is 0 Å². The van der Waals surface area contributed by atoms with E-state index in [-0.39, 0.29) is 49.3 Å². The molecular weight excluding hydrogens is 442 g/mol. The van der Waals surface area contributed by atoms with Crippen LogP contribution in [0.1, 0.15) is 32.9 Å². The number of hydrogen-bond acceptors (Lipinski definition) is 6. The van der Waals surface area contributed by atoms with Gasteiger partial charge in [-0.25, -0.2) is 8.42 Å². The molecule has 0 N–H and O–H groups in total. The number of hydrogen-bond donors (Lipinski definition) is 0. The summed E-state index contributed by atoms with van der Waals surface area (Å²) >= 11 is 0. The maximum absolute atomic E-state index is 13.2. The van der Waals surface area contributed by atoms with Crippen LogP contribution in [0.2, 0.25) is 0 Å². The Kier molecular flexibility index (Phi) is 6.53. The van der Waals surface area contributed by atoms with Crippen molar-refractivity contribution in [2.24, 2.45) is 0 Å². The molecule has 0 saturated carbocycles. The van der Waals surface area contributed by atoms with Gasteiger partial charge in [0.25, 0.3) is 5.91 Å². The topological polar surface area (TPSA) is 93.0 Å². The number of aryl methyl sites for hydroxylation is 3. The smallest absolute Gasteiger partial charge is 0.276 e. The Morgan fingerprint density at radius 2 is 1.64 bits per heavy atom. The maximum atomic E-state index is 13.2. The average molecular weight is 470 g/mol. The number of benzene rings is 2. The number of carbonyl (C=O) groups excluding carboxylic acids is 1. The molecule has 8 nitrogen and oxygen atoms in total. The lowest BCUT2D eigenvalue weighted by atomic mass is 10.1. The number of nitrogens with zero attached hydrogens (tertiary/aromatic N) is 3. The summed E-state index contributed by atoms with van der Waals surface area (Å²) in [6, 6.07) is 14.2. The zero-order valence-electron chi connectivity index (χ0n) is 18.9. The van der Waals surface area contributed by atoms with Crippen molar-refractivity contribution in [3.8, 4) is 5.75 Å². The van der Waals surface area contributed by atoms with Crippen molar-refractivity contribution in [2.45, 2.75) is 32.3 Å². The van der Waals surface area contributed by atoms with E-state index in [0.29, 0.717) is 17.1 Å². The normalized spacial score (nSPS) is 14.9. The minimum Gasteiger partial charge on any atom is -0.489 e. The number of ether oxygens (including phenoxy) is 1. The first-order valence-corrected chi connectivity index (χ1v) is 12.2. The first-order chi connectivity index (χ1) is 15.8. The van der Waals surface area contributed by atoms with Crippen molar-refractivity contribution >= 4 is 15.9 Å². The molecule has 3 aromatic rings. The van der Waals surface area contributed by atoms with Gasteiger partial charge in [-0.05, 0) is 56.2 Å². The molecule has 1 amide bonds. The van der Waals surface area contributed by atoms with Crippen LogP contribution in [-0.2, 0) is 16.6 Å². The lowest BCUT2D eigenvalue weighted by Crippen LogP contribution is -2.50. The first kappa shape index (κ1) is 23.0. The molecule has 1 aliphatic rings. The molecule has 0 unspecified atom stereocenters. The van der Waals surface area contributed by atoms with E-state index in [4.69, 9.17) is 9.26 Å². The van der Waals surface area contributed by atoms with E-state index in [0.717, 1.165) is 11.1 Å². The van der Waals surface area contributed by atoms with Crippen LogP contribution in [0.15, 0.2) is 57.9 Å². The van der Waals surface area contributed by atoms with Crippen molar-refractivity contribution < 1.29 is 22.5 Å². The standard InChI is InChI=1S/C24H27N3O5S/c1-17-13-18(2)15-20(14-17)31-16-22-19(3)32-25-23(22)24(28)26-9-11-27(12-10-26)33(29,30)21-7-5-4-6-8-21/h4-8,13-15H,9-12,16H2,1-3H3. The second kappa shape index (κ2) is 9.36. The van der Waals surface area contributed by atoms with Gasteiger partial charge in [0.05, 0.1) is 10.5 Å². The summed E-state index contributed by atoms with van der Waals surface area (Å²) in [5, 5.41) is 3.98. The minimum atomic E-state index is -3.58. The second-order valence-corrected chi connectivity index (χ2v) is 10.1. The molecule has 2 heterocycles. The molecule has 1 aromatic heterocycles. The summed E-state index contributed by atoms with van der Waals surface area (Å²) in [5.74, 6) is 0.946. The van der Waals surface area contributed by atoms with Gasteiger partial charge < -0.3 is 14.2 Å². The van der Waals surface area contributed by atoms with Gasteiger partial charge in [-0.2, -0.15) is 4.31 Å². The number of sulfonamides is 1. The number of rotatable bonds is 6.